The van der Waals surface area contributed by atoms with Gasteiger partial charge in [-0.15, -0.1) is 0 Å². The molecule has 2 N–H and O–H groups in total. The van der Waals surface area contributed by atoms with Gasteiger partial charge in [0.05, 0.1) is 6.04 Å². The van der Waals surface area contributed by atoms with E-state index in [0.29, 0.717) is 5.92 Å². The van der Waals surface area contributed by atoms with E-state index in [1.54, 1.807) is 0 Å². The molecule has 0 saturated carbocycles. The molecule has 0 spiro atoms. The van der Waals surface area contributed by atoms with Gasteiger partial charge in [0.1, 0.15) is 12.4 Å². The summed E-state index contributed by atoms with van der Waals surface area (Å²) in [7, 11) is 0. The van der Waals surface area contributed by atoms with E-state index in [1.807, 2.05) is 31.2 Å². The normalized spacial score (nSPS) is 11.6. The second kappa shape index (κ2) is 11.1. The molecule has 0 aliphatic carbocycles. The maximum absolute atomic E-state index is 13.1. The quantitative estimate of drug-likeness (QED) is 0.618. The Balaban J connectivity index is 1.73. The molecule has 0 saturated heterocycles. The van der Waals surface area contributed by atoms with Gasteiger partial charge in [-0.05, 0) is 48.6 Å². The standard InChI is InChI=1S/C23H27FN2O4/c1-15(2)11-17-7-9-18(10-8-17)16(3)26-21(27)14-30-22(28)13-25-23(29)19-5-4-6-20(24)12-19/h4-10,12,15-16H,11,13-14H2,1-3H3,(H,25,29)(H,26,27)/t16-/m0/s1. The lowest BCUT2D eigenvalue weighted by molar-refractivity contribution is -0.147. The highest BCUT2D eigenvalue weighted by Crippen LogP contribution is 2.15. The van der Waals surface area contributed by atoms with Crippen LogP contribution in [0.25, 0.3) is 0 Å². The van der Waals surface area contributed by atoms with Crippen molar-refractivity contribution >= 4 is 17.8 Å². The number of nitrogens with one attached hydrogen (secondary N) is 2. The number of carbonyl (C=O) groups is 3. The molecule has 1 atom stereocenters. The third kappa shape index (κ3) is 7.66. The first-order chi connectivity index (χ1) is 14.2. The van der Waals surface area contributed by atoms with Crippen molar-refractivity contribution in [3.05, 3.63) is 71.0 Å². The van der Waals surface area contributed by atoms with Crippen LogP contribution in [0.2, 0.25) is 0 Å². The molecule has 30 heavy (non-hydrogen) atoms. The minimum absolute atomic E-state index is 0.0915. The van der Waals surface area contributed by atoms with E-state index >= 15 is 0 Å². The number of ether oxygens (including phenoxy) is 1. The van der Waals surface area contributed by atoms with E-state index in [0.717, 1.165) is 18.1 Å². The predicted octanol–water partition coefficient (Wildman–Crippen LogP) is 3.17. The van der Waals surface area contributed by atoms with Crippen LogP contribution in [0.5, 0.6) is 0 Å². The molecule has 6 nitrogen and oxygen atoms in total. The molecule has 0 aliphatic rings. The highest BCUT2D eigenvalue weighted by atomic mass is 19.1. The second-order valence-corrected chi connectivity index (χ2v) is 7.48. The highest BCUT2D eigenvalue weighted by Gasteiger charge is 2.14. The van der Waals surface area contributed by atoms with E-state index in [9.17, 15) is 18.8 Å². The monoisotopic (exact) mass is 414 g/mol. The molecule has 160 valence electrons. The Bertz CT molecular complexity index is 881. The van der Waals surface area contributed by atoms with Gasteiger partial charge in [-0.1, -0.05) is 44.2 Å². The van der Waals surface area contributed by atoms with Crippen molar-refractivity contribution in [3.8, 4) is 0 Å². The Morgan fingerprint density at radius 3 is 2.37 bits per heavy atom. The third-order valence-corrected chi connectivity index (χ3v) is 4.35. The molecule has 0 radical (unpaired) electrons. The Hall–Kier alpha value is -3.22. The molecule has 7 heteroatoms. The molecule has 2 aromatic carbocycles. The summed E-state index contributed by atoms with van der Waals surface area (Å²) in [4.78, 5) is 35.6. The highest BCUT2D eigenvalue weighted by molar-refractivity contribution is 5.96. The van der Waals surface area contributed by atoms with Crippen molar-refractivity contribution in [2.45, 2.75) is 33.2 Å². The van der Waals surface area contributed by atoms with Gasteiger partial charge in [-0.2, -0.15) is 0 Å². The summed E-state index contributed by atoms with van der Waals surface area (Å²) in [5.41, 5.74) is 2.28. The molecule has 0 aromatic heterocycles. The molecule has 0 heterocycles. The number of hydrogen-bond donors (Lipinski definition) is 2. The van der Waals surface area contributed by atoms with Crippen molar-refractivity contribution in [1.29, 1.82) is 0 Å². The lowest BCUT2D eigenvalue weighted by Gasteiger charge is -2.15. The lowest BCUT2D eigenvalue weighted by atomic mass is 10.00. The number of amides is 2. The predicted molar refractivity (Wildman–Crippen MR) is 111 cm³/mol. The minimum atomic E-state index is -0.763. The number of esters is 1. The number of halogens is 1. The van der Waals surface area contributed by atoms with Gasteiger partial charge in [0.2, 0.25) is 0 Å². The molecule has 0 fully saturated rings. The smallest absolute Gasteiger partial charge is 0.325 e. The average Bonchev–Trinajstić information content (AvgIpc) is 2.70. The number of rotatable bonds is 9. The maximum Gasteiger partial charge on any atom is 0.325 e. The van der Waals surface area contributed by atoms with Crippen molar-refractivity contribution in [3.63, 3.8) is 0 Å². The van der Waals surface area contributed by atoms with Crippen LogP contribution in [0.4, 0.5) is 4.39 Å². The Morgan fingerprint density at radius 2 is 1.73 bits per heavy atom. The maximum atomic E-state index is 13.1. The fourth-order valence-corrected chi connectivity index (χ4v) is 2.86. The minimum Gasteiger partial charge on any atom is -0.454 e. The summed E-state index contributed by atoms with van der Waals surface area (Å²) in [6.45, 7) is 5.28. The molecule has 0 bridgehead atoms. The van der Waals surface area contributed by atoms with Gasteiger partial charge in [0.15, 0.2) is 6.61 Å². The van der Waals surface area contributed by atoms with Crippen molar-refractivity contribution in [1.82, 2.24) is 10.6 Å². The molecule has 0 unspecified atom stereocenters. The molecule has 0 aliphatic heterocycles. The second-order valence-electron chi connectivity index (χ2n) is 7.48. The zero-order valence-electron chi connectivity index (χ0n) is 17.4. The molecular weight excluding hydrogens is 387 g/mol. The van der Waals surface area contributed by atoms with Crippen molar-refractivity contribution in [2.75, 3.05) is 13.2 Å². The zero-order chi connectivity index (χ0) is 22.1. The van der Waals surface area contributed by atoms with Crippen LogP contribution in [-0.4, -0.2) is 30.9 Å². The Morgan fingerprint density at radius 1 is 1.03 bits per heavy atom. The van der Waals surface area contributed by atoms with E-state index < -0.39 is 36.8 Å². The van der Waals surface area contributed by atoms with Gasteiger partial charge in [-0.25, -0.2) is 4.39 Å². The SMILES string of the molecule is CC(C)Cc1ccc([C@H](C)NC(=O)COC(=O)CNC(=O)c2cccc(F)c2)cc1. The van der Waals surface area contributed by atoms with Crippen LogP contribution in [0.1, 0.15) is 48.3 Å². The van der Waals surface area contributed by atoms with Crippen LogP contribution in [-0.2, 0) is 20.7 Å². The van der Waals surface area contributed by atoms with Crippen molar-refractivity contribution in [2.24, 2.45) is 5.92 Å². The topological polar surface area (TPSA) is 84.5 Å². The summed E-state index contributed by atoms with van der Waals surface area (Å²) in [5.74, 6) is -1.79. The third-order valence-electron chi connectivity index (χ3n) is 4.35. The van der Waals surface area contributed by atoms with Crippen LogP contribution in [0.15, 0.2) is 48.5 Å². The lowest BCUT2D eigenvalue weighted by Crippen LogP contribution is -2.34. The summed E-state index contributed by atoms with van der Waals surface area (Å²) >= 11 is 0. The Labute approximate surface area is 175 Å². The molecule has 2 amide bonds. The van der Waals surface area contributed by atoms with Gasteiger partial charge < -0.3 is 15.4 Å². The largest absolute Gasteiger partial charge is 0.454 e. The zero-order valence-corrected chi connectivity index (χ0v) is 17.4. The fraction of sp³-hybridized carbons (Fsp3) is 0.348. The van der Waals surface area contributed by atoms with Crippen molar-refractivity contribution < 1.29 is 23.5 Å². The molecule has 2 aromatic rings. The molecule has 2 rings (SSSR count). The fourth-order valence-electron chi connectivity index (χ4n) is 2.86. The van der Waals surface area contributed by atoms with Crippen LogP contribution >= 0.6 is 0 Å². The number of hydrogen-bond acceptors (Lipinski definition) is 4. The van der Waals surface area contributed by atoms with Gasteiger partial charge in [0, 0.05) is 5.56 Å². The summed E-state index contributed by atoms with van der Waals surface area (Å²) in [5, 5.41) is 5.09. The summed E-state index contributed by atoms with van der Waals surface area (Å²) in [6, 6.07) is 12.9. The number of benzene rings is 2. The molecular formula is C23H27FN2O4. The Kier molecular flexibility index (Phi) is 8.53. The van der Waals surface area contributed by atoms with E-state index in [1.165, 1.54) is 23.8 Å². The first-order valence-electron chi connectivity index (χ1n) is 9.82. The average molecular weight is 414 g/mol. The van der Waals surface area contributed by atoms with Gasteiger partial charge >= 0.3 is 5.97 Å². The van der Waals surface area contributed by atoms with Gasteiger partial charge in [-0.3, -0.25) is 14.4 Å². The van der Waals surface area contributed by atoms with E-state index in [2.05, 4.69) is 24.5 Å². The number of carbonyl (C=O) groups excluding carboxylic acids is 3. The van der Waals surface area contributed by atoms with Crippen LogP contribution in [0.3, 0.4) is 0 Å². The summed E-state index contributed by atoms with van der Waals surface area (Å²) in [6.07, 6.45) is 0.993. The van der Waals surface area contributed by atoms with Gasteiger partial charge in [0.25, 0.3) is 11.8 Å². The van der Waals surface area contributed by atoms with E-state index in [-0.39, 0.29) is 11.6 Å². The van der Waals surface area contributed by atoms with Crippen LogP contribution < -0.4 is 10.6 Å². The van der Waals surface area contributed by atoms with E-state index in [4.69, 9.17) is 4.74 Å². The summed E-state index contributed by atoms with van der Waals surface area (Å²) < 4.78 is 18.0. The first kappa shape index (κ1) is 23.1. The first-order valence-corrected chi connectivity index (χ1v) is 9.82. The van der Waals surface area contributed by atoms with Crippen LogP contribution in [0, 0.1) is 11.7 Å².